The predicted molar refractivity (Wildman–Crippen MR) is 70.5 cm³/mol. The molecule has 0 aliphatic carbocycles. The van der Waals surface area contributed by atoms with Crippen LogP contribution < -0.4 is 0 Å². The first-order valence-corrected chi connectivity index (χ1v) is 6.45. The van der Waals surface area contributed by atoms with Crippen LogP contribution >= 0.6 is 11.3 Å². The lowest BCUT2D eigenvalue weighted by atomic mass is 10.5. The number of nitrogens with zero attached hydrogens (tertiary/aromatic N) is 6. The van der Waals surface area contributed by atoms with E-state index in [4.69, 9.17) is 5.26 Å². The van der Waals surface area contributed by atoms with Crippen molar-refractivity contribution in [3.63, 3.8) is 0 Å². The van der Waals surface area contributed by atoms with Gasteiger partial charge in [-0.1, -0.05) is 11.3 Å². The summed E-state index contributed by atoms with van der Waals surface area (Å²) >= 11 is 1.40. The largest absolute Gasteiger partial charge is 0.293 e. The number of hydrogen-bond donors (Lipinski definition) is 0. The molecular weight excluding hydrogens is 260 g/mol. The van der Waals surface area contributed by atoms with Gasteiger partial charge in [-0.05, 0) is 32.0 Å². The fourth-order valence-electron chi connectivity index (χ4n) is 1.89. The van der Waals surface area contributed by atoms with Crippen LogP contribution in [0.1, 0.15) is 17.1 Å². The molecule has 0 saturated carbocycles. The summed E-state index contributed by atoms with van der Waals surface area (Å²) in [5.41, 5.74) is 2.64. The highest BCUT2D eigenvalue weighted by Gasteiger charge is 2.13. The highest BCUT2D eigenvalue weighted by atomic mass is 32.1. The molecule has 0 amide bonds. The van der Waals surface area contributed by atoms with Crippen LogP contribution in [0.3, 0.4) is 0 Å². The molecule has 0 fully saturated rings. The minimum atomic E-state index is 0.448. The highest BCUT2D eigenvalue weighted by Crippen LogP contribution is 2.22. The van der Waals surface area contributed by atoms with Crippen LogP contribution in [0.4, 0.5) is 0 Å². The second kappa shape index (κ2) is 4.33. The third-order valence-corrected chi connectivity index (χ3v) is 3.69. The van der Waals surface area contributed by atoms with Gasteiger partial charge in [0.2, 0.25) is 10.3 Å². The van der Waals surface area contributed by atoms with Crippen molar-refractivity contribution in [2.75, 3.05) is 0 Å². The van der Waals surface area contributed by atoms with E-state index in [-0.39, 0.29) is 0 Å². The highest BCUT2D eigenvalue weighted by molar-refractivity contribution is 7.16. The summed E-state index contributed by atoms with van der Waals surface area (Å²) in [6.07, 6.45) is 1.58. The molecule has 94 valence electrons. The molecule has 0 saturated heterocycles. The van der Waals surface area contributed by atoms with Gasteiger partial charge in [-0.3, -0.25) is 4.57 Å². The number of aryl methyl sites for hydroxylation is 2. The van der Waals surface area contributed by atoms with E-state index in [0.717, 1.165) is 16.5 Å². The van der Waals surface area contributed by atoms with E-state index < -0.39 is 0 Å². The molecular formula is C12H10N6S. The quantitative estimate of drug-likeness (QED) is 0.714. The summed E-state index contributed by atoms with van der Waals surface area (Å²) in [6, 6.07) is 7.78. The SMILES string of the molecule is Cc1ccc(C)n1-c1nnc(-n2nccc2C#N)s1. The van der Waals surface area contributed by atoms with Crippen LogP contribution in [-0.4, -0.2) is 24.5 Å². The number of nitriles is 1. The molecule has 3 rings (SSSR count). The molecule has 0 N–H and O–H groups in total. The van der Waals surface area contributed by atoms with E-state index in [1.807, 2.05) is 30.5 Å². The summed E-state index contributed by atoms with van der Waals surface area (Å²) < 4.78 is 3.52. The van der Waals surface area contributed by atoms with Crippen molar-refractivity contribution in [2.45, 2.75) is 13.8 Å². The van der Waals surface area contributed by atoms with Gasteiger partial charge in [0, 0.05) is 11.4 Å². The van der Waals surface area contributed by atoms with Gasteiger partial charge in [-0.25, -0.2) is 0 Å². The smallest absolute Gasteiger partial charge is 0.235 e. The summed E-state index contributed by atoms with van der Waals surface area (Å²) in [6.45, 7) is 4.03. The topological polar surface area (TPSA) is 72.3 Å². The summed E-state index contributed by atoms with van der Waals surface area (Å²) in [5.74, 6) is 0. The molecule has 0 aliphatic rings. The normalized spacial score (nSPS) is 10.6. The lowest BCUT2D eigenvalue weighted by molar-refractivity contribution is 0.826. The number of rotatable bonds is 2. The van der Waals surface area contributed by atoms with Crippen molar-refractivity contribution in [2.24, 2.45) is 0 Å². The molecule has 3 heterocycles. The average molecular weight is 270 g/mol. The molecule has 0 bridgehead atoms. The second-order valence-corrected chi connectivity index (χ2v) is 4.99. The molecule has 0 radical (unpaired) electrons. The van der Waals surface area contributed by atoms with Gasteiger partial charge in [0.25, 0.3) is 0 Å². The van der Waals surface area contributed by atoms with E-state index >= 15 is 0 Å². The first-order valence-electron chi connectivity index (χ1n) is 5.64. The lowest BCUT2D eigenvalue weighted by Gasteiger charge is -2.02. The molecule has 0 unspecified atom stereocenters. The van der Waals surface area contributed by atoms with Crippen LogP contribution in [-0.2, 0) is 0 Å². The maximum Gasteiger partial charge on any atom is 0.235 e. The van der Waals surface area contributed by atoms with Gasteiger partial charge in [0.15, 0.2) is 0 Å². The minimum Gasteiger partial charge on any atom is -0.293 e. The van der Waals surface area contributed by atoms with Crippen molar-refractivity contribution in [1.29, 1.82) is 5.26 Å². The van der Waals surface area contributed by atoms with Gasteiger partial charge in [0.05, 0.1) is 6.20 Å². The van der Waals surface area contributed by atoms with Crippen molar-refractivity contribution in [3.8, 4) is 16.3 Å². The van der Waals surface area contributed by atoms with Crippen LogP contribution in [0.15, 0.2) is 24.4 Å². The Morgan fingerprint density at radius 3 is 2.47 bits per heavy atom. The monoisotopic (exact) mass is 270 g/mol. The Balaban J connectivity index is 2.08. The van der Waals surface area contributed by atoms with Crippen molar-refractivity contribution in [1.82, 2.24) is 24.5 Å². The molecule has 6 nitrogen and oxygen atoms in total. The van der Waals surface area contributed by atoms with Gasteiger partial charge in [-0.2, -0.15) is 15.0 Å². The fourth-order valence-corrected chi connectivity index (χ4v) is 2.83. The maximum atomic E-state index is 8.99. The van der Waals surface area contributed by atoms with Crippen molar-refractivity contribution >= 4 is 11.3 Å². The molecule has 0 atom stereocenters. The Morgan fingerprint density at radius 1 is 1.11 bits per heavy atom. The van der Waals surface area contributed by atoms with E-state index in [0.29, 0.717) is 10.8 Å². The third-order valence-electron chi connectivity index (χ3n) is 2.80. The fraction of sp³-hybridized carbons (Fsp3) is 0.167. The van der Waals surface area contributed by atoms with Crippen LogP contribution in [0.2, 0.25) is 0 Å². The zero-order valence-corrected chi connectivity index (χ0v) is 11.2. The Morgan fingerprint density at radius 2 is 1.79 bits per heavy atom. The van der Waals surface area contributed by atoms with E-state index in [1.54, 1.807) is 12.3 Å². The predicted octanol–water partition coefficient (Wildman–Crippen LogP) is 2.00. The first-order chi connectivity index (χ1) is 9.20. The van der Waals surface area contributed by atoms with Crippen LogP contribution in [0, 0.1) is 25.2 Å². The van der Waals surface area contributed by atoms with E-state index in [2.05, 4.69) is 21.4 Å². The van der Waals surface area contributed by atoms with Gasteiger partial charge in [0.1, 0.15) is 11.8 Å². The summed E-state index contributed by atoms with van der Waals surface area (Å²) in [5, 5.41) is 22.7. The standard InChI is InChI=1S/C12H10N6S/c1-8-3-4-9(2)17(8)11-15-16-12(19-11)18-10(7-13)5-6-14-18/h3-6H,1-2H3. The molecule has 0 aromatic carbocycles. The maximum absolute atomic E-state index is 8.99. The first kappa shape index (κ1) is 11.6. The van der Waals surface area contributed by atoms with Gasteiger partial charge < -0.3 is 0 Å². The van der Waals surface area contributed by atoms with Gasteiger partial charge in [-0.15, -0.1) is 10.2 Å². The third kappa shape index (κ3) is 1.82. The Labute approximate surface area is 113 Å². The van der Waals surface area contributed by atoms with Crippen LogP contribution in [0.5, 0.6) is 0 Å². The average Bonchev–Trinajstić information content (AvgIpc) is 3.08. The Bertz CT molecular complexity index is 753. The van der Waals surface area contributed by atoms with Crippen molar-refractivity contribution in [3.05, 3.63) is 41.5 Å². The Kier molecular flexibility index (Phi) is 2.65. The summed E-state index contributed by atoms with van der Waals surface area (Å²) in [4.78, 5) is 0. The molecule has 19 heavy (non-hydrogen) atoms. The number of aromatic nitrogens is 5. The molecule has 7 heteroatoms. The second-order valence-electron chi connectivity index (χ2n) is 4.06. The van der Waals surface area contributed by atoms with E-state index in [1.165, 1.54) is 16.0 Å². The zero-order valence-electron chi connectivity index (χ0n) is 10.4. The van der Waals surface area contributed by atoms with E-state index in [9.17, 15) is 0 Å². The molecule has 3 aromatic rings. The van der Waals surface area contributed by atoms with Gasteiger partial charge >= 0.3 is 0 Å². The lowest BCUT2D eigenvalue weighted by Crippen LogP contribution is -1.98. The number of hydrogen-bond acceptors (Lipinski definition) is 5. The molecule has 0 spiro atoms. The summed E-state index contributed by atoms with van der Waals surface area (Å²) in [7, 11) is 0. The molecule has 0 aliphatic heterocycles. The minimum absolute atomic E-state index is 0.448. The van der Waals surface area contributed by atoms with Crippen molar-refractivity contribution < 1.29 is 0 Å². The zero-order chi connectivity index (χ0) is 13.4. The Hall–Kier alpha value is -2.46. The van der Waals surface area contributed by atoms with Crippen LogP contribution in [0.25, 0.3) is 10.3 Å². The molecule has 3 aromatic heterocycles.